The summed E-state index contributed by atoms with van der Waals surface area (Å²) in [6.07, 6.45) is 0.448. The van der Waals surface area contributed by atoms with Crippen molar-refractivity contribution in [1.82, 2.24) is 5.32 Å². The Morgan fingerprint density at radius 1 is 0.941 bits per heavy atom. The first kappa shape index (κ1) is 23.5. The van der Waals surface area contributed by atoms with Crippen LogP contribution in [0.1, 0.15) is 35.1 Å². The van der Waals surface area contributed by atoms with E-state index in [0.717, 1.165) is 23.2 Å². The molecule has 0 atom stereocenters. The number of aryl methyl sites for hydroxylation is 1. The van der Waals surface area contributed by atoms with Gasteiger partial charge < -0.3 is 14.8 Å². The van der Waals surface area contributed by atoms with Crippen molar-refractivity contribution in [2.75, 3.05) is 32.2 Å². The zero-order valence-electron chi connectivity index (χ0n) is 19.8. The maximum Gasteiger partial charge on any atom is 0.414 e. The number of esters is 1. The van der Waals surface area contributed by atoms with Crippen LogP contribution in [0.3, 0.4) is 0 Å². The van der Waals surface area contributed by atoms with Gasteiger partial charge in [0.1, 0.15) is 6.61 Å². The van der Waals surface area contributed by atoms with E-state index in [1.54, 1.807) is 7.05 Å². The number of hydrogen-bond donors (Lipinski definition) is 1. The number of benzene rings is 3. The molecule has 1 amide bonds. The van der Waals surface area contributed by atoms with Crippen LogP contribution in [0.15, 0.2) is 66.7 Å². The molecule has 0 unspecified atom stereocenters. The fraction of sp³-hybridized carbons (Fsp3) is 0.286. The number of hydrogen-bond acceptors (Lipinski definition) is 5. The van der Waals surface area contributed by atoms with Gasteiger partial charge in [-0.25, -0.2) is 4.79 Å². The third-order valence-electron chi connectivity index (χ3n) is 6.38. The lowest BCUT2D eigenvalue weighted by molar-refractivity contribution is -0.139. The molecular weight excluding hydrogens is 428 g/mol. The first-order valence-electron chi connectivity index (χ1n) is 11.5. The predicted molar refractivity (Wildman–Crippen MR) is 133 cm³/mol. The second-order valence-electron chi connectivity index (χ2n) is 8.35. The molecule has 34 heavy (non-hydrogen) atoms. The normalized spacial score (nSPS) is 12.1. The minimum absolute atomic E-state index is 0.0188. The zero-order chi connectivity index (χ0) is 24.1. The number of nitrogens with one attached hydrogen (secondary N) is 1. The second-order valence-corrected chi connectivity index (χ2v) is 8.35. The van der Waals surface area contributed by atoms with Gasteiger partial charge in [-0.1, -0.05) is 61.5 Å². The fourth-order valence-corrected chi connectivity index (χ4v) is 4.50. The molecule has 176 valence electrons. The summed E-state index contributed by atoms with van der Waals surface area (Å²) in [6, 6.07) is 22.5. The molecule has 6 heteroatoms. The van der Waals surface area contributed by atoms with Crippen LogP contribution in [0.25, 0.3) is 11.1 Å². The van der Waals surface area contributed by atoms with Crippen molar-refractivity contribution in [3.63, 3.8) is 0 Å². The van der Waals surface area contributed by atoms with E-state index in [-0.39, 0.29) is 25.0 Å². The molecular formula is C28H30N2O4. The fourth-order valence-electron chi connectivity index (χ4n) is 4.50. The van der Waals surface area contributed by atoms with Crippen LogP contribution in [-0.2, 0) is 27.2 Å². The number of nitrogens with zero attached hydrogens (tertiary/aromatic N) is 1. The van der Waals surface area contributed by atoms with Crippen molar-refractivity contribution in [2.45, 2.75) is 25.8 Å². The van der Waals surface area contributed by atoms with Crippen molar-refractivity contribution in [3.8, 4) is 11.1 Å². The van der Waals surface area contributed by atoms with Crippen LogP contribution in [0.5, 0.6) is 0 Å². The third-order valence-corrected chi connectivity index (χ3v) is 6.38. The average molecular weight is 459 g/mol. The monoisotopic (exact) mass is 458 g/mol. The Bertz CT molecular complexity index is 1150. The number of carbonyl (C=O) groups excluding carboxylic acids is 2. The van der Waals surface area contributed by atoms with Crippen LogP contribution in [0, 0.1) is 0 Å². The SMILES string of the molecule is CCc1ccc(N(C)C(=O)OCC2c3ccccc3-c3ccccc32)cc1CNCC(=O)OC. The number of anilines is 1. The molecule has 1 N–H and O–H groups in total. The molecule has 0 aromatic heterocycles. The molecule has 3 aromatic rings. The topological polar surface area (TPSA) is 67.9 Å². The number of ether oxygens (including phenoxy) is 2. The highest BCUT2D eigenvalue weighted by Gasteiger charge is 2.29. The van der Waals surface area contributed by atoms with E-state index in [4.69, 9.17) is 4.74 Å². The Hall–Kier alpha value is -3.64. The molecule has 0 fully saturated rings. The Kier molecular flexibility index (Phi) is 7.28. The molecule has 0 aliphatic heterocycles. The van der Waals surface area contributed by atoms with Crippen molar-refractivity contribution in [2.24, 2.45) is 0 Å². The van der Waals surface area contributed by atoms with Crippen molar-refractivity contribution in [3.05, 3.63) is 89.0 Å². The van der Waals surface area contributed by atoms with Crippen LogP contribution >= 0.6 is 0 Å². The summed E-state index contributed by atoms with van der Waals surface area (Å²) in [6.45, 7) is 2.99. The van der Waals surface area contributed by atoms with E-state index in [9.17, 15) is 9.59 Å². The van der Waals surface area contributed by atoms with Crippen molar-refractivity contribution >= 4 is 17.7 Å². The minimum atomic E-state index is -0.403. The second kappa shape index (κ2) is 10.5. The summed E-state index contributed by atoms with van der Waals surface area (Å²) in [5.74, 6) is -0.296. The smallest absolute Gasteiger partial charge is 0.414 e. The first-order valence-corrected chi connectivity index (χ1v) is 11.5. The van der Waals surface area contributed by atoms with Gasteiger partial charge in [-0.15, -0.1) is 0 Å². The molecule has 6 nitrogen and oxygen atoms in total. The van der Waals surface area contributed by atoms with E-state index < -0.39 is 6.09 Å². The largest absolute Gasteiger partial charge is 0.468 e. The maximum atomic E-state index is 13.0. The quantitative estimate of drug-likeness (QED) is 0.487. The summed E-state index contributed by atoms with van der Waals surface area (Å²) >= 11 is 0. The Morgan fingerprint density at radius 2 is 1.59 bits per heavy atom. The number of rotatable bonds is 8. The molecule has 1 aliphatic carbocycles. The van der Waals surface area contributed by atoms with Crippen molar-refractivity contribution in [1.29, 1.82) is 0 Å². The van der Waals surface area contributed by atoms with E-state index in [0.29, 0.717) is 6.54 Å². The minimum Gasteiger partial charge on any atom is -0.468 e. The van der Waals surface area contributed by atoms with Gasteiger partial charge in [0.05, 0.1) is 13.7 Å². The highest BCUT2D eigenvalue weighted by molar-refractivity contribution is 5.87. The average Bonchev–Trinajstić information content (AvgIpc) is 3.20. The Balaban J connectivity index is 1.45. The van der Waals surface area contributed by atoms with Crippen LogP contribution in [-0.4, -0.2) is 39.4 Å². The standard InChI is InChI=1S/C28H30N2O4/c1-4-19-13-14-21(15-20(19)16-29-17-27(31)33-3)30(2)28(32)34-18-26-24-11-7-5-9-22(24)23-10-6-8-12-25(23)26/h5-15,26,29H,4,16-18H2,1-3H3. The van der Waals surface area contributed by atoms with Crippen LogP contribution in [0.4, 0.5) is 10.5 Å². The van der Waals surface area contributed by atoms with Crippen molar-refractivity contribution < 1.29 is 19.1 Å². The van der Waals surface area contributed by atoms with E-state index in [1.807, 2.05) is 42.5 Å². The molecule has 4 rings (SSSR count). The summed E-state index contributed by atoms with van der Waals surface area (Å²) in [5, 5.41) is 3.09. The van der Waals surface area contributed by atoms with Gasteiger partial charge >= 0.3 is 12.1 Å². The zero-order valence-corrected chi connectivity index (χ0v) is 19.8. The van der Waals surface area contributed by atoms with Crippen LogP contribution < -0.4 is 10.2 Å². The van der Waals surface area contributed by atoms with Gasteiger partial charge in [0, 0.05) is 25.2 Å². The Morgan fingerprint density at radius 3 is 2.21 bits per heavy atom. The van der Waals surface area contributed by atoms with Gasteiger partial charge in [0.15, 0.2) is 0 Å². The summed E-state index contributed by atoms with van der Waals surface area (Å²) in [7, 11) is 3.08. The van der Waals surface area contributed by atoms with Gasteiger partial charge in [-0.3, -0.25) is 9.69 Å². The number of carbonyl (C=O) groups is 2. The van der Waals surface area contributed by atoms with E-state index in [1.165, 1.54) is 34.3 Å². The molecule has 0 heterocycles. The number of fused-ring (bicyclic) bond motifs is 3. The highest BCUT2D eigenvalue weighted by atomic mass is 16.6. The lowest BCUT2D eigenvalue weighted by Crippen LogP contribution is -2.29. The summed E-state index contributed by atoms with van der Waals surface area (Å²) in [5.41, 5.74) is 7.70. The summed E-state index contributed by atoms with van der Waals surface area (Å²) in [4.78, 5) is 25.9. The molecule has 0 saturated carbocycles. The van der Waals surface area contributed by atoms with Gasteiger partial charge in [0.2, 0.25) is 0 Å². The molecule has 1 aliphatic rings. The maximum absolute atomic E-state index is 13.0. The molecule has 3 aromatic carbocycles. The molecule has 0 spiro atoms. The lowest BCUT2D eigenvalue weighted by Gasteiger charge is -2.21. The summed E-state index contributed by atoms with van der Waals surface area (Å²) < 4.78 is 10.5. The van der Waals surface area contributed by atoms with E-state index in [2.05, 4.69) is 41.2 Å². The van der Waals surface area contributed by atoms with Gasteiger partial charge in [-0.2, -0.15) is 0 Å². The number of amides is 1. The molecule has 0 radical (unpaired) electrons. The number of methoxy groups -OCH3 is 1. The van der Waals surface area contributed by atoms with E-state index >= 15 is 0 Å². The first-order chi connectivity index (χ1) is 16.5. The predicted octanol–water partition coefficient (Wildman–Crippen LogP) is 4.90. The van der Waals surface area contributed by atoms with Gasteiger partial charge in [0.25, 0.3) is 0 Å². The lowest BCUT2D eigenvalue weighted by atomic mass is 9.98. The van der Waals surface area contributed by atoms with Crippen LogP contribution in [0.2, 0.25) is 0 Å². The molecule has 0 bridgehead atoms. The molecule has 0 saturated heterocycles. The Labute approximate surface area is 200 Å². The highest BCUT2D eigenvalue weighted by Crippen LogP contribution is 2.44. The third kappa shape index (κ3) is 4.82. The van der Waals surface area contributed by atoms with Gasteiger partial charge in [-0.05, 0) is 51.9 Å².